The number of carbonyl (C=O) groups is 2. The minimum atomic E-state index is -0.642. The third kappa shape index (κ3) is 5.04. The van der Waals surface area contributed by atoms with E-state index in [1.807, 2.05) is 26.0 Å². The van der Waals surface area contributed by atoms with Crippen LogP contribution < -0.4 is 10.6 Å². The topological polar surface area (TPSA) is 87.7 Å². The fourth-order valence-electron chi connectivity index (χ4n) is 3.58. The highest BCUT2D eigenvalue weighted by Crippen LogP contribution is 2.24. The van der Waals surface area contributed by atoms with Crippen molar-refractivity contribution in [2.24, 2.45) is 5.92 Å². The largest absolute Gasteiger partial charge is 0.468 e. The molecule has 0 aliphatic carbocycles. The van der Waals surface area contributed by atoms with Gasteiger partial charge in [-0.3, -0.25) is 14.5 Å². The van der Waals surface area contributed by atoms with Gasteiger partial charge in [-0.05, 0) is 56.1 Å². The van der Waals surface area contributed by atoms with Gasteiger partial charge in [0, 0.05) is 6.54 Å². The van der Waals surface area contributed by atoms with E-state index in [0.717, 1.165) is 31.7 Å². The lowest BCUT2D eigenvalue weighted by molar-refractivity contribution is -0.124. The van der Waals surface area contributed by atoms with Gasteiger partial charge in [0.05, 0.1) is 18.6 Å². The summed E-state index contributed by atoms with van der Waals surface area (Å²) in [6.07, 6.45) is 6.64. The van der Waals surface area contributed by atoms with Crippen molar-refractivity contribution in [2.75, 3.05) is 19.6 Å². The first-order chi connectivity index (χ1) is 13.6. The average Bonchev–Trinajstić information content (AvgIpc) is 3.40. The first-order valence-corrected chi connectivity index (χ1v) is 9.96. The molecule has 3 rings (SSSR count). The van der Waals surface area contributed by atoms with Gasteiger partial charge < -0.3 is 19.5 Å². The van der Waals surface area contributed by atoms with E-state index in [1.165, 1.54) is 12.7 Å². The SMILES string of the molecule is CC(C)[C@@H](NC(=O)c1ccco1)C(=O)NC[C@@H](c1ccco1)N1CCCCC1. The minimum absolute atomic E-state index is 0.00663. The summed E-state index contributed by atoms with van der Waals surface area (Å²) >= 11 is 0. The Morgan fingerprint density at radius 2 is 1.79 bits per heavy atom. The van der Waals surface area contributed by atoms with Gasteiger partial charge in [0.2, 0.25) is 5.91 Å². The Bertz CT molecular complexity index is 734. The Balaban J connectivity index is 1.63. The van der Waals surface area contributed by atoms with E-state index in [2.05, 4.69) is 15.5 Å². The molecule has 2 aromatic rings. The van der Waals surface area contributed by atoms with E-state index < -0.39 is 11.9 Å². The molecular formula is C21H29N3O4. The maximum atomic E-state index is 12.8. The third-order valence-corrected chi connectivity index (χ3v) is 5.15. The van der Waals surface area contributed by atoms with E-state index in [4.69, 9.17) is 8.83 Å². The van der Waals surface area contributed by atoms with Crippen LogP contribution >= 0.6 is 0 Å². The predicted molar refractivity (Wildman–Crippen MR) is 105 cm³/mol. The number of nitrogens with zero attached hydrogens (tertiary/aromatic N) is 1. The Morgan fingerprint density at radius 1 is 1.07 bits per heavy atom. The number of hydrogen-bond acceptors (Lipinski definition) is 5. The number of rotatable bonds is 8. The molecule has 0 radical (unpaired) electrons. The molecule has 1 saturated heterocycles. The van der Waals surface area contributed by atoms with Crippen LogP contribution in [0.5, 0.6) is 0 Å². The smallest absolute Gasteiger partial charge is 0.287 e. The summed E-state index contributed by atoms with van der Waals surface area (Å²) in [7, 11) is 0. The second-order valence-electron chi connectivity index (χ2n) is 7.55. The van der Waals surface area contributed by atoms with Crippen molar-refractivity contribution >= 4 is 11.8 Å². The zero-order valence-electron chi connectivity index (χ0n) is 16.5. The number of carbonyl (C=O) groups excluding carboxylic acids is 2. The van der Waals surface area contributed by atoms with E-state index in [-0.39, 0.29) is 23.6 Å². The van der Waals surface area contributed by atoms with Crippen LogP contribution in [0.2, 0.25) is 0 Å². The van der Waals surface area contributed by atoms with Crippen LogP contribution in [-0.2, 0) is 4.79 Å². The minimum Gasteiger partial charge on any atom is -0.468 e. The number of amides is 2. The van der Waals surface area contributed by atoms with Gasteiger partial charge in [-0.1, -0.05) is 20.3 Å². The molecule has 2 N–H and O–H groups in total. The molecule has 2 amide bonds. The number of likely N-dealkylation sites (tertiary alicyclic amines) is 1. The molecule has 1 fully saturated rings. The molecule has 3 heterocycles. The Labute approximate surface area is 165 Å². The summed E-state index contributed by atoms with van der Waals surface area (Å²) in [5.41, 5.74) is 0. The zero-order valence-corrected chi connectivity index (χ0v) is 16.5. The summed E-state index contributed by atoms with van der Waals surface area (Å²) in [5.74, 6) is 0.389. The second-order valence-corrected chi connectivity index (χ2v) is 7.55. The average molecular weight is 387 g/mol. The fourth-order valence-corrected chi connectivity index (χ4v) is 3.58. The molecule has 1 aliphatic rings. The molecule has 152 valence electrons. The molecule has 0 aromatic carbocycles. The van der Waals surface area contributed by atoms with Crippen molar-refractivity contribution in [1.29, 1.82) is 0 Å². The van der Waals surface area contributed by atoms with Gasteiger partial charge in [0.15, 0.2) is 5.76 Å². The first kappa shape index (κ1) is 20.2. The van der Waals surface area contributed by atoms with Gasteiger partial charge in [-0.15, -0.1) is 0 Å². The van der Waals surface area contributed by atoms with Crippen molar-refractivity contribution in [3.8, 4) is 0 Å². The molecular weight excluding hydrogens is 358 g/mol. The molecule has 0 bridgehead atoms. The van der Waals surface area contributed by atoms with Gasteiger partial charge >= 0.3 is 0 Å². The highest BCUT2D eigenvalue weighted by Gasteiger charge is 2.29. The molecule has 7 heteroatoms. The van der Waals surface area contributed by atoms with E-state index >= 15 is 0 Å². The molecule has 2 aromatic heterocycles. The fraction of sp³-hybridized carbons (Fsp3) is 0.524. The number of piperidine rings is 1. The maximum absolute atomic E-state index is 12.8. The highest BCUT2D eigenvalue weighted by molar-refractivity contribution is 5.95. The van der Waals surface area contributed by atoms with Crippen LogP contribution in [0.3, 0.4) is 0 Å². The van der Waals surface area contributed by atoms with Crippen LogP contribution in [0.25, 0.3) is 0 Å². The quantitative estimate of drug-likeness (QED) is 0.727. The van der Waals surface area contributed by atoms with Crippen LogP contribution in [0.1, 0.15) is 55.5 Å². The highest BCUT2D eigenvalue weighted by atomic mass is 16.3. The molecule has 0 spiro atoms. The summed E-state index contributed by atoms with van der Waals surface area (Å²) in [5, 5.41) is 5.79. The molecule has 7 nitrogen and oxygen atoms in total. The second kappa shape index (κ2) is 9.59. The Hall–Kier alpha value is -2.54. The van der Waals surface area contributed by atoms with Crippen LogP contribution in [-0.4, -0.2) is 42.4 Å². The number of hydrogen-bond donors (Lipinski definition) is 2. The van der Waals surface area contributed by atoms with Gasteiger partial charge in [0.1, 0.15) is 11.8 Å². The third-order valence-electron chi connectivity index (χ3n) is 5.15. The van der Waals surface area contributed by atoms with E-state index in [9.17, 15) is 9.59 Å². The maximum Gasteiger partial charge on any atom is 0.287 e. The van der Waals surface area contributed by atoms with Crippen LogP contribution in [0.15, 0.2) is 45.6 Å². The molecule has 2 atom stereocenters. The molecule has 0 unspecified atom stereocenters. The van der Waals surface area contributed by atoms with Crippen molar-refractivity contribution in [3.05, 3.63) is 48.3 Å². The van der Waals surface area contributed by atoms with Gasteiger partial charge in [-0.25, -0.2) is 0 Å². The monoisotopic (exact) mass is 387 g/mol. The zero-order chi connectivity index (χ0) is 19.9. The molecule has 0 saturated carbocycles. The lowest BCUT2D eigenvalue weighted by atomic mass is 10.0. The van der Waals surface area contributed by atoms with E-state index in [0.29, 0.717) is 6.54 Å². The first-order valence-electron chi connectivity index (χ1n) is 9.96. The summed E-state index contributed by atoms with van der Waals surface area (Å²) in [6.45, 7) is 6.23. The van der Waals surface area contributed by atoms with Crippen LogP contribution in [0, 0.1) is 5.92 Å². The number of furan rings is 2. The predicted octanol–water partition coefficient (Wildman–Crippen LogP) is 2.97. The summed E-state index contributed by atoms with van der Waals surface area (Å²) < 4.78 is 10.7. The summed E-state index contributed by atoms with van der Waals surface area (Å²) in [4.78, 5) is 27.5. The molecule has 28 heavy (non-hydrogen) atoms. The van der Waals surface area contributed by atoms with Crippen molar-refractivity contribution in [3.63, 3.8) is 0 Å². The number of nitrogens with one attached hydrogen (secondary N) is 2. The normalized spacial score (nSPS) is 17.2. The van der Waals surface area contributed by atoms with E-state index in [1.54, 1.807) is 18.4 Å². The summed E-state index contributed by atoms with van der Waals surface area (Å²) in [6, 6.07) is 6.39. The molecule has 1 aliphatic heterocycles. The van der Waals surface area contributed by atoms with Gasteiger partial charge in [-0.2, -0.15) is 0 Å². The van der Waals surface area contributed by atoms with Gasteiger partial charge in [0.25, 0.3) is 5.91 Å². The van der Waals surface area contributed by atoms with Crippen LogP contribution in [0.4, 0.5) is 0 Å². The lowest BCUT2D eigenvalue weighted by Crippen LogP contribution is -2.51. The van der Waals surface area contributed by atoms with Crippen molar-refractivity contribution in [2.45, 2.75) is 45.2 Å². The standard InChI is InChI=1S/C21H29N3O4/c1-15(2)19(23-20(25)18-9-7-13-28-18)21(26)22-14-16(17-8-6-12-27-17)24-10-4-3-5-11-24/h6-9,12-13,15-16,19H,3-5,10-11,14H2,1-2H3,(H,22,26)(H,23,25)/t16-,19+/m0/s1. The Kier molecular flexibility index (Phi) is 6.92. The Morgan fingerprint density at radius 3 is 2.39 bits per heavy atom. The van der Waals surface area contributed by atoms with Crippen molar-refractivity contribution < 1.29 is 18.4 Å². The van der Waals surface area contributed by atoms with Crippen molar-refractivity contribution in [1.82, 2.24) is 15.5 Å². The lowest BCUT2D eigenvalue weighted by Gasteiger charge is -2.34.